The molecule has 5 heteroatoms. The van der Waals surface area contributed by atoms with Gasteiger partial charge < -0.3 is 14.9 Å². The highest BCUT2D eigenvalue weighted by atomic mass is 16.5. The molecule has 0 spiro atoms. The fraction of sp³-hybridized carbons (Fsp3) is 0.500. The number of carbonyl (C=O) groups excluding carboxylic acids is 1. The van der Waals surface area contributed by atoms with Gasteiger partial charge in [-0.25, -0.2) is 0 Å². The van der Waals surface area contributed by atoms with Crippen LogP contribution in [0.25, 0.3) is 0 Å². The maximum absolute atomic E-state index is 11.2. The van der Waals surface area contributed by atoms with Crippen LogP contribution in [0, 0.1) is 6.92 Å². The number of aromatic nitrogens is 1. The zero-order chi connectivity index (χ0) is 12.8. The molecule has 0 aliphatic heterocycles. The van der Waals surface area contributed by atoms with Gasteiger partial charge in [0.1, 0.15) is 5.75 Å². The molecule has 0 aliphatic carbocycles. The Morgan fingerprint density at radius 3 is 2.82 bits per heavy atom. The van der Waals surface area contributed by atoms with Crippen LogP contribution in [0.4, 0.5) is 0 Å². The summed E-state index contributed by atoms with van der Waals surface area (Å²) in [6.45, 7) is 3.54. The minimum Gasteiger partial charge on any atom is -0.506 e. The fourth-order valence-electron chi connectivity index (χ4n) is 1.56. The van der Waals surface area contributed by atoms with E-state index < -0.39 is 0 Å². The summed E-state index contributed by atoms with van der Waals surface area (Å²) in [6.07, 6.45) is 2.03. The van der Waals surface area contributed by atoms with Crippen molar-refractivity contribution in [1.82, 2.24) is 4.98 Å². The summed E-state index contributed by atoms with van der Waals surface area (Å²) >= 11 is 0. The normalized spacial score (nSPS) is 10.3. The van der Waals surface area contributed by atoms with Crippen LogP contribution in [-0.2, 0) is 22.6 Å². The van der Waals surface area contributed by atoms with Gasteiger partial charge in [0.2, 0.25) is 0 Å². The van der Waals surface area contributed by atoms with Gasteiger partial charge in [0, 0.05) is 23.7 Å². The Balaban J connectivity index is 2.82. The lowest BCUT2D eigenvalue weighted by Crippen LogP contribution is -2.07. The molecular formula is C12H17NO4. The number of aromatic hydroxyl groups is 1. The molecule has 5 nitrogen and oxygen atoms in total. The SMILES string of the molecule is CCOC(=O)CCc1c(CO)cnc(C)c1O. The molecule has 1 aromatic heterocycles. The Labute approximate surface area is 100 Å². The number of carbonyl (C=O) groups is 1. The summed E-state index contributed by atoms with van der Waals surface area (Å²) in [6, 6.07) is 0. The lowest BCUT2D eigenvalue weighted by Gasteiger charge is -2.10. The van der Waals surface area contributed by atoms with Crippen molar-refractivity contribution < 1.29 is 19.7 Å². The van der Waals surface area contributed by atoms with E-state index in [0.717, 1.165) is 0 Å². The van der Waals surface area contributed by atoms with Crippen LogP contribution in [0.15, 0.2) is 6.20 Å². The number of hydrogen-bond acceptors (Lipinski definition) is 5. The lowest BCUT2D eigenvalue weighted by atomic mass is 10.0. The first-order valence-electron chi connectivity index (χ1n) is 5.53. The molecule has 0 unspecified atom stereocenters. The van der Waals surface area contributed by atoms with Crippen molar-refractivity contribution in [3.63, 3.8) is 0 Å². The number of esters is 1. The summed E-state index contributed by atoms with van der Waals surface area (Å²) in [5.74, 6) is -0.272. The molecule has 1 rings (SSSR count). The van der Waals surface area contributed by atoms with E-state index in [1.54, 1.807) is 13.8 Å². The molecule has 1 aromatic rings. The first-order valence-corrected chi connectivity index (χ1v) is 5.53. The van der Waals surface area contributed by atoms with Crippen molar-refractivity contribution in [3.8, 4) is 5.75 Å². The maximum atomic E-state index is 11.2. The van der Waals surface area contributed by atoms with Crippen LogP contribution in [-0.4, -0.2) is 27.8 Å². The zero-order valence-corrected chi connectivity index (χ0v) is 10.1. The van der Waals surface area contributed by atoms with Crippen LogP contribution >= 0.6 is 0 Å². The number of aryl methyl sites for hydroxylation is 1. The Bertz CT molecular complexity index is 404. The third kappa shape index (κ3) is 3.42. The monoisotopic (exact) mass is 239 g/mol. The highest BCUT2D eigenvalue weighted by Crippen LogP contribution is 2.25. The quantitative estimate of drug-likeness (QED) is 0.752. The van der Waals surface area contributed by atoms with E-state index in [0.29, 0.717) is 29.8 Å². The van der Waals surface area contributed by atoms with Crippen LogP contribution in [0.2, 0.25) is 0 Å². The Kier molecular flexibility index (Phi) is 4.90. The van der Waals surface area contributed by atoms with Crippen LogP contribution < -0.4 is 0 Å². The Morgan fingerprint density at radius 1 is 1.53 bits per heavy atom. The predicted octanol–water partition coefficient (Wildman–Crippen LogP) is 1.08. The average Bonchev–Trinajstić information content (AvgIpc) is 2.31. The van der Waals surface area contributed by atoms with E-state index >= 15 is 0 Å². The van der Waals surface area contributed by atoms with Crippen molar-refractivity contribution in [3.05, 3.63) is 23.0 Å². The minimum atomic E-state index is -0.315. The molecule has 17 heavy (non-hydrogen) atoms. The smallest absolute Gasteiger partial charge is 0.306 e. The fourth-order valence-corrected chi connectivity index (χ4v) is 1.56. The van der Waals surface area contributed by atoms with Gasteiger partial charge in [0.25, 0.3) is 0 Å². The van der Waals surface area contributed by atoms with Gasteiger partial charge in [-0.15, -0.1) is 0 Å². The van der Waals surface area contributed by atoms with Gasteiger partial charge in [-0.05, 0) is 20.3 Å². The highest BCUT2D eigenvalue weighted by molar-refractivity contribution is 5.70. The van der Waals surface area contributed by atoms with E-state index in [9.17, 15) is 9.90 Å². The number of nitrogens with zero attached hydrogens (tertiary/aromatic N) is 1. The van der Waals surface area contributed by atoms with E-state index in [-0.39, 0.29) is 24.7 Å². The third-order valence-corrected chi connectivity index (χ3v) is 2.49. The predicted molar refractivity (Wildman–Crippen MR) is 61.5 cm³/mol. The molecular weight excluding hydrogens is 222 g/mol. The zero-order valence-electron chi connectivity index (χ0n) is 10.1. The number of aliphatic hydroxyl groups is 1. The topological polar surface area (TPSA) is 79.7 Å². The average molecular weight is 239 g/mol. The maximum Gasteiger partial charge on any atom is 0.306 e. The molecule has 0 radical (unpaired) electrons. The van der Waals surface area contributed by atoms with Gasteiger partial charge in [0.05, 0.1) is 18.9 Å². The number of hydrogen-bond donors (Lipinski definition) is 2. The minimum absolute atomic E-state index is 0.0425. The molecule has 0 aliphatic rings. The van der Waals surface area contributed by atoms with Gasteiger partial charge in [-0.2, -0.15) is 0 Å². The molecule has 0 fully saturated rings. The molecule has 1 heterocycles. The van der Waals surface area contributed by atoms with E-state index in [1.807, 2.05) is 0 Å². The van der Waals surface area contributed by atoms with Gasteiger partial charge in [-0.3, -0.25) is 9.78 Å². The van der Waals surface area contributed by atoms with Gasteiger partial charge in [-0.1, -0.05) is 0 Å². The van der Waals surface area contributed by atoms with E-state index in [2.05, 4.69) is 4.98 Å². The largest absolute Gasteiger partial charge is 0.506 e. The molecule has 0 amide bonds. The standard InChI is InChI=1S/C12H17NO4/c1-3-17-11(15)5-4-10-9(7-14)6-13-8(2)12(10)16/h6,14,16H,3-5,7H2,1-2H3. The molecule has 2 N–H and O–H groups in total. The summed E-state index contributed by atoms with van der Waals surface area (Å²) in [4.78, 5) is 15.2. The number of aliphatic hydroxyl groups excluding tert-OH is 1. The summed E-state index contributed by atoms with van der Waals surface area (Å²) < 4.78 is 4.81. The molecule has 0 atom stereocenters. The highest BCUT2D eigenvalue weighted by Gasteiger charge is 2.13. The van der Waals surface area contributed by atoms with Crippen LogP contribution in [0.3, 0.4) is 0 Å². The Hall–Kier alpha value is -1.62. The number of rotatable bonds is 5. The molecule has 0 bridgehead atoms. The molecule has 94 valence electrons. The van der Waals surface area contributed by atoms with E-state index in [1.165, 1.54) is 6.20 Å². The number of pyridine rings is 1. The number of ether oxygens (including phenoxy) is 1. The van der Waals surface area contributed by atoms with Crippen molar-refractivity contribution in [1.29, 1.82) is 0 Å². The second kappa shape index (κ2) is 6.20. The van der Waals surface area contributed by atoms with Gasteiger partial charge >= 0.3 is 5.97 Å². The van der Waals surface area contributed by atoms with Crippen molar-refractivity contribution in [2.24, 2.45) is 0 Å². The van der Waals surface area contributed by atoms with Crippen molar-refractivity contribution in [2.75, 3.05) is 6.61 Å². The molecule has 0 saturated heterocycles. The molecule has 0 saturated carbocycles. The van der Waals surface area contributed by atoms with E-state index in [4.69, 9.17) is 9.84 Å². The van der Waals surface area contributed by atoms with Crippen molar-refractivity contribution >= 4 is 5.97 Å². The van der Waals surface area contributed by atoms with Crippen LogP contribution in [0.5, 0.6) is 5.75 Å². The first-order chi connectivity index (χ1) is 8.10. The third-order valence-electron chi connectivity index (χ3n) is 2.49. The van der Waals surface area contributed by atoms with Crippen molar-refractivity contribution in [2.45, 2.75) is 33.3 Å². The Morgan fingerprint density at radius 2 is 2.24 bits per heavy atom. The summed E-state index contributed by atoms with van der Waals surface area (Å²) in [5.41, 5.74) is 1.59. The second-order valence-corrected chi connectivity index (χ2v) is 3.66. The summed E-state index contributed by atoms with van der Waals surface area (Å²) in [5, 5.41) is 19.0. The first kappa shape index (κ1) is 13.4. The molecule has 0 aromatic carbocycles. The lowest BCUT2D eigenvalue weighted by molar-refractivity contribution is -0.143. The van der Waals surface area contributed by atoms with Crippen LogP contribution in [0.1, 0.15) is 30.2 Å². The second-order valence-electron chi connectivity index (χ2n) is 3.66. The summed E-state index contributed by atoms with van der Waals surface area (Å²) in [7, 11) is 0. The van der Waals surface area contributed by atoms with Gasteiger partial charge in [0.15, 0.2) is 0 Å².